The van der Waals surface area contributed by atoms with E-state index in [1.807, 2.05) is 36.4 Å². The first-order chi connectivity index (χ1) is 12.2. The van der Waals surface area contributed by atoms with Gasteiger partial charge in [0.25, 0.3) is 0 Å². The number of para-hydroxylation sites is 1. The third kappa shape index (κ3) is 3.15. The maximum absolute atomic E-state index is 5.55. The SMILES string of the molecule is CC(C)CCNc1ncnc2ccc(C3OOc4ccccc43)cc12. The minimum Gasteiger partial charge on any atom is -0.369 e. The fourth-order valence-corrected chi connectivity index (χ4v) is 3.02. The number of nitrogens with one attached hydrogen (secondary N) is 1. The van der Waals surface area contributed by atoms with Crippen molar-refractivity contribution >= 4 is 16.7 Å². The van der Waals surface area contributed by atoms with Gasteiger partial charge in [-0.3, -0.25) is 0 Å². The van der Waals surface area contributed by atoms with Crippen LogP contribution < -0.4 is 10.2 Å². The molecule has 0 radical (unpaired) electrons. The average molecular weight is 335 g/mol. The fourth-order valence-electron chi connectivity index (χ4n) is 3.02. The first kappa shape index (κ1) is 15.8. The molecule has 4 rings (SSSR count). The molecular weight excluding hydrogens is 314 g/mol. The molecule has 0 amide bonds. The number of rotatable bonds is 5. The van der Waals surface area contributed by atoms with Gasteiger partial charge in [0.1, 0.15) is 12.1 Å². The highest BCUT2D eigenvalue weighted by atomic mass is 17.2. The predicted molar refractivity (Wildman–Crippen MR) is 97.5 cm³/mol. The maximum Gasteiger partial charge on any atom is 0.171 e. The van der Waals surface area contributed by atoms with E-state index in [9.17, 15) is 0 Å². The summed E-state index contributed by atoms with van der Waals surface area (Å²) in [5.41, 5.74) is 2.98. The number of anilines is 1. The van der Waals surface area contributed by atoms with Crippen molar-refractivity contribution < 1.29 is 9.78 Å². The Kier molecular flexibility index (Phi) is 4.24. The molecule has 128 valence electrons. The molecule has 1 aliphatic heterocycles. The molecule has 0 fully saturated rings. The van der Waals surface area contributed by atoms with Gasteiger partial charge in [-0.1, -0.05) is 38.1 Å². The number of fused-ring (bicyclic) bond motifs is 2. The molecular formula is C20H21N3O2. The molecule has 1 unspecified atom stereocenters. The van der Waals surface area contributed by atoms with Crippen molar-refractivity contribution in [1.82, 2.24) is 9.97 Å². The van der Waals surface area contributed by atoms with E-state index in [0.29, 0.717) is 5.92 Å². The molecule has 1 aromatic heterocycles. The van der Waals surface area contributed by atoms with Crippen LogP contribution in [0, 0.1) is 5.92 Å². The van der Waals surface area contributed by atoms with E-state index in [-0.39, 0.29) is 6.10 Å². The summed E-state index contributed by atoms with van der Waals surface area (Å²) >= 11 is 0. The lowest BCUT2D eigenvalue weighted by atomic mass is 9.99. The lowest BCUT2D eigenvalue weighted by molar-refractivity contribution is -0.212. The highest BCUT2D eigenvalue weighted by molar-refractivity contribution is 5.89. The first-order valence-electron chi connectivity index (χ1n) is 8.63. The molecule has 1 aliphatic rings. The van der Waals surface area contributed by atoms with Crippen molar-refractivity contribution in [3.8, 4) is 5.75 Å². The smallest absolute Gasteiger partial charge is 0.171 e. The Balaban J connectivity index is 1.68. The summed E-state index contributed by atoms with van der Waals surface area (Å²) in [4.78, 5) is 19.7. The van der Waals surface area contributed by atoms with Crippen LogP contribution in [-0.4, -0.2) is 16.5 Å². The third-order valence-electron chi connectivity index (χ3n) is 4.41. The van der Waals surface area contributed by atoms with E-state index < -0.39 is 0 Å². The third-order valence-corrected chi connectivity index (χ3v) is 4.41. The second kappa shape index (κ2) is 6.69. The van der Waals surface area contributed by atoms with E-state index in [2.05, 4.69) is 35.2 Å². The molecule has 0 bridgehead atoms. The van der Waals surface area contributed by atoms with Crippen molar-refractivity contribution in [3.63, 3.8) is 0 Å². The van der Waals surface area contributed by atoms with Gasteiger partial charge in [0.15, 0.2) is 11.9 Å². The summed E-state index contributed by atoms with van der Waals surface area (Å²) in [5.74, 6) is 2.28. The summed E-state index contributed by atoms with van der Waals surface area (Å²) in [5, 5.41) is 4.43. The summed E-state index contributed by atoms with van der Waals surface area (Å²) in [6.07, 6.45) is 2.46. The van der Waals surface area contributed by atoms with Crippen molar-refractivity contribution in [1.29, 1.82) is 0 Å². The Morgan fingerprint density at radius 2 is 2.00 bits per heavy atom. The van der Waals surface area contributed by atoms with Crippen molar-refractivity contribution in [2.24, 2.45) is 5.92 Å². The van der Waals surface area contributed by atoms with Crippen LogP contribution in [0.3, 0.4) is 0 Å². The van der Waals surface area contributed by atoms with Crippen molar-refractivity contribution in [2.45, 2.75) is 26.4 Å². The average Bonchev–Trinajstić information content (AvgIpc) is 3.05. The standard InChI is InChI=1S/C20H21N3O2/c1-13(2)9-10-21-20-16-11-14(7-8-17(16)22-12-23-20)19-15-5-3-4-6-18(15)24-25-19/h3-8,11-13,19H,9-10H2,1-2H3,(H,21,22,23). The molecule has 0 saturated heterocycles. The van der Waals surface area contributed by atoms with E-state index in [4.69, 9.17) is 9.78 Å². The second-order valence-electron chi connectivity index (χ2n) is 6.71. The van der Waals surface area contributed by atoms with Crippen LogP contribution in [0.15, 0.2) is 48.8 Å². The highest BCUT2D eigenvalue weighted by Gasteiger charge is 2.27. The number of aromatic nitrogens is 2. The monoisotopic (exact) mass is 335 g/mol. The fraction of sp³-hybridized carbons (Fsp3) is 0.300. The first-order valence-corrected chi connectivity index (χ1v) is 8.63. The van der Waals surface area contributed by atoms with E-state index >= 15 is 0 Å². The second-order valence-corrected chi connectivity index (χ2v) is 6.71. The van der Waals surface area contributed by atoms with Gasteiger partial charge in [0.2, 0.25) is 0 Å². The largest absolute Gasteiger partial charge is 0.369 e. The number of hydrogen-bond donors (Lipinski definition) is 1. The van der Waals surface area contributed by atoms with Crippen LogP contribution in [0.4, 0.5) is 5.82 Å². The van der Waals surface area contributed by atoms with Crippen LogP contribution >= 0.6 is 0 Å². The number of nitrogens with zero attached hydrogens (tertiary/aromatic N) is 2. The Hall–Kier alpha value is -2.66. The predicted octanol–water partition coefficient (Wildman–Crippen LogP) is 4.50. The zero-order valence-electron chi connectivity index (χ0n) is 14.4. The number of benzene rings is 2. The van der Waals surface area contributed by atoms with Gasteiger partial charge in [-0.2, -0.15) is 4.89 Å². The minimum atomic E-state index is -0.232. The molecule has 2 aromatic carbocycles. The maximum atomic E-state index is 5.55. The minimum absolute atomic E-state index is 0.232. The van der Waals surface area contributed by atoms with Crippen LogP contribution in [0.2, 0.25) is 0 Å². The summed E-state index contributed by atoms with van der Waals surface area (Å²) in [6, 6.07) is 14.0. The quantitative estimate of drug-likeness (QED) is 0.696. The van der Waals surface area contributed by atoms with Gasteiger partial charge < -0.3 is 10.2 Å². The van der Waals surface area contributed by atoms with E-state index in [0.717, 1.165) is 46.6 Å². The van der Waals surface area contributed by atoms with Gasteiger partial charge in [0, 0.05) is 17.5 Å². The van der Waals surface area contributed by atoms with E-state index in [1.165, 1.54) is 0 Å². The molecule has 1 atom stereocenters. The molecule has 1 N–H and O–H groups in total. The Morgan fingerprint density at radius 1 is 1.12 bits per heavy atom. The number of hydrogen-bond acceptors (Lipinski definition) is 5. The van der Waals surface area contributed by atoms with E-state index in [1.54, 1.807) is 6.33 Å². The van der Waals surface area contributed by atoms with Crippen molar-refractivity contribution in [2.75, 3.05) is 11.9 Å². The van der Waals surface area contributed by atoms with Gasteiger partial charge in [-0.05, 0) is 36.1 Å². The molecule has 0 saturated carbocycles. The summed E-state index contributed by atoms with van der Waals surface area (Å²) in [7, 11) is 0. The molecule has 5 nitrogen and oxygen atoms in total. The zero-order chi connectivity index (χ0) is 17.2. The molecule has 5 heteroatoms. The van der Waals surface area contributed by atoms with Gasteiger partial charge in [0.05, 0.1) is 5.52 Å². The Labute approximate surface area is 146 Å². The molecule has 25 heavy (non-hydrogen) atoms. The highest BCUT2D eigenvalue weighted by Crippen LogP contribution is 2.39. The topological polar surface area (TPSA) is 56.3 Å². The van der Waals surface area contributed by atoms with Gasteiger partial charge >= 0.3 is 0 Å². The van der Waals surface area contributed by atoms with Gasteiger partial charge in [-0.25, -0.2) is 9.97 Å². The molecule has 2 heterocycles. The van der Waals surface area contributed by atoms with Gasteiger partial charge in [-0.15, -0.1) is 0 Å². The Morgan fingerprint density at radius 3 is 2.88 bits per heavy atom. The molecule has 0 aliphatic carbocycles. The lowest BCUT2D eigenvalue weighted by Crippen LogP contribution is -2.07. The molecule has 0 spiro atoms. The van der Waals surface area contributed by atoms with Crippen LogP contribution in [0.25, 0.3) is 10.9 Å². The molecule has 3 aromatic rings. The Bertz CT molecular complexity index is 895. The van der Waals surface area contributed by atoms with Crippen LogP contribution in [0.5, 0.6) is 5.75 Å². The zero-order valence-corrected chi connectivity index (χ0v) is 14.4. The van der Waals surface area contributed by atoms with Crippen molar-refractivity contribution in [3.05, 3.63) is 59.9 Å². The van der Waals surface area contributed by atoms with Crippen LogP contribution in [-0.2, 0) is 4.89 Å². The summed E-state index contributed by atoms with van der Waals surface area (Å²) in [6.45, 7) is 5.32. The van der Waals surface area contributed by atoms with Crippen LogP contribution in [0.1, 0.15) is 37.5 Å². The summed E-state index contributed by atoms with van der Waals surface area (Å²) < 4.78 is 0. The lowest BCUT2D eigenvalue weighted by Gasteiger charge is -2.12. The normalized spacial score (nSPS) is 16.0.